The van der Waals surface area contributed by atoms with E-state index in [9.17, 15) is 8.42 Å². The summed E-state index contributed by atoms with van der Waals surface area (Å²) in [7, 11) is -2.85. The minimum absolute atomic E-state index is 0.194. The molecule has 1 aromatic carbocycles. The largest absolute Gasteiger partial charge is 0.312 e. The van der Waals surface area contributed by atoms with Gasteiger partial charge in [0.1, 0.15) is 9.84 Å². The van der Waals surface area contributed by atoms with Crippen molar-refractivity contribution < 1.29 is 8.42 Å². The molecule has 0 bridgehead atoms. The summed E-state index contributed by atoms with van der Waals surface area (Å²) in [6.45, 7) is 3.35. The Morgan fingerprint density at radius 1 is 1.12 bits per heavy atom. The van der Waals surface area contributed by atoms with Gasteiger partial charge < -0.3 is 5.32 Å². The van der Waals surface area contributed by atoms with Crippen molar-refractivity contribution >= 4 is 9.84 Å². The minimum Gasteiger partial charge on any atom is -0.312 e. The van der Waals surface area contributed by atoms with Gasteiger partial charge in [-0.2, -0.15) is 0 Å². The molecule has 1 rings (SSSR count). The molecule has 0 unspecified atom stereocenters. The number of hydrogen-bond donors (Lipinski definition) is 1. The molecule has 4 heteroatoms. The molecule has 0 aliphatic rings. The van der Waals surface area contributed by atoms with Gasteiger partial charge in [-0.25, -0.2) is 8.42 Å². The molecule has 0 aliphatic heterocycles. The van der Waals surface area contributed by atoms with Crippen molar-refractivity contribution in [2.24, 2.45) is 0 Å². The maximum absolute atomic E-state index is 10.9. The highest BCUT2D eigenvalue weighted by Crippen LogP contribution is 2.04. The predicted octanol–water partition coefficient (Wildman–Crippen LogP) is 1.38. The van der Waals surface area contributed by atoms with E-state index in [1.807, 2.05) is 0 Å². The van der Waals surface area contributed by atoms with Crippen LogP contribution in [-0.2, 0) is 22.8 Å². The average molecular weight is 241 g/mol. The van der Waals surface area contributed by atoms with Gasteiger partial charge in [-0.15, -0.1) is 0 Å². The molecule has 3 nitrogen and oxygen atoms in total. The molecule has 0 heterocycles. The van der Waals surface area contributed by atoms with Gasteiger partial charge in [-0.1, -0.05) is 31.2 Å². The minimum atomic E-state index is -2.85. The maximum Gasteiger partial charge on any atom is 0.148 e. The van der Waals surface area contributed by atoms with E-state index < -0.39 is 9.84 Å². The number of sulfone groups is 1. The van der Waals surface area contributed by atoms with Crippen LogP contribution in [0.15, 0.2) is 24.3 Å². The zero-order chi connectivity index (χ0) is 12.0. The Balaban J connectivity index is 2.32. The van der Waals surface area contributed by atoms with Crippen LogP contribution in [0.3, 0.4) is 0 Å². The molecule has 0 saturated carbocycles. The molecule has 0 radical (unpaired) electrons. The topological polar surface area (TPSA) is 46.2 Å². The van der Waals surface area contributed by atoms with E-state index in [4.69, 9.17) is 0 Å². The highest BCUT2D eigenvalue weighted by Gasteiger charge is 2.00. The lowest BCUT2D eigenvalue weighted by molar-refractivity contribution is 0.596. The molecule has 0 fully saturated rings. The highest BCUT2D eigenvalue weighted by atomic mass is 32.2. The van der Waals surface area contributed by atoms with E-state index in [1.54, 1.807) is 0 Å². The first-order valence-electron chi connectivity index (χ1n) is 5.47. The number of nitrogens with one attached hydrogen (secondary N) is 1. The van der Waals surface area contributed by atoms with Crippen LogP contribution in [-0.4, -0.2) is 27.0 Å². The molecule has 16 heavy (non-hydrogen) atoms. The third kappa shape index (κ3) is 5.28. The average Bonchev–Trinajstić information content (AvgIpc) is 2.24. The highest BCUT2D eigenvalue weighted by molar-refractivity contribution is 7.90. The zero-order valence-electron chi connectivity index (χ0n) is 9.86. The Hall–Kier alpha value is -0.870. The molecular formula is C12H19NO2S. The second-order valence-corrected chi connectivity index (χ2v) is 6.24. The lowest BCUT2D eigenvalue weighted by Gasteiger charge is -2.05. The van der Waals surface area contributed by atoms with Crippen molar-refractivity contribution in [1.29, 1.82) is 0 Å². The van der Waals surface area contributed by atoms with E-state index in [0.717, 1.165) is 13.0 Å². The first-order chi connectivity index (χ1) is 7.51. The van der Waals surface area contributed by atoms with Crippen molar-refractivity contribution in [3.63, 3.8) is 0 Å². The number of hydrogen-bond acceptors (Lipinski definition) is 3. The van der Waals surface area contributed by atoms with Crippen LogP contribution in [0.2, 0.25) is 0 Å². The second kappa shape index (κ2) is 6.01. The monoisotopic (exact) mass is 241 g/mol. The zero-order valence-corrected chi connectivity index (χ0v) is 10.7. The lowest BCUT2D eigenvalue weighted by Crippen LogP contribution is -2.21. The first kappa shape index (κ1) is 13.2. The summed E-state index contributed by atoms with van der Waals surface area (Å²) in [5.74, 6) is 0.194. The molecule has 1 aromatic rings. The predicted molar refractivity (Wildman–Crippen MR) is 67.2 cm³/mol. The van der Waals surface area contributed by atoms with Crippen LogP contribution in [0.4, 0.5) is 0 Å². The Morgan fingerprint density at radius 2 is 1.69 bits per heavy atom. The summed E-state index contributed by atoms with van der Waals surface area (Å²) in [4.78, 5) is 0. The second-order valence-electron chi connectivity index (χ2n) is 3.98. The van der Waals surface area contributed by atoms with E-state index >= 15 is 0 Å². The third-order valence-corrected chi connectivity index (χ3v) is 3.36. The van der Waals surface area contributed by atoms with Gasteiger partial charge in [-0.05, 0) is 17.5 Å². The normalized spacial score (nSPS) is 11.6. The molecule has 0 aliphatic carbocycles. The van der Waals surface area contributed by atoms with Crippen molar-refractivity contribution in [2.75, 3.05) is 18.6 Å². The third-order valence-electron chi connectivity index (χ3n) is 2.41. The van der Waals surface area contributed by atoms with E-state index in [2.05, 4.69) is 36.5 Å². The van der Waals surface area contributed by atoms with Crippen molar-refractivity contribution in [2.45, 2.75) is 19.9 Å². The summed E-state index contributed by atoms with van der Waals surface area (Å²) in [6.07, 6.45) is 2.30. The fraction of sp³-hybridized carbons (Fsp3) is 0.500. The van der Waals surface area contributed by atoms with Gasteiger partial charge in [0, 0.05) is 19.3 Å². The van der Waals surface area contributed by atoms with Crippen molar-refractivity contribution in [3.8, 4) is 0 Å². The molecule has 0 saturated heterocycles. The van der Waals surface area contributed by atoms with Gasteiger partial charge in [0.2, 0.25) is 0 Å². The Bertz CT molecular complexity index is 409. The van der Waals surface area contributed by atoms with Crippen LogP contribution in [0, 0.1) is 0 Å². The molecule has 0 atom stereocenters. The van der Waals surface area contributed by atoms with Crippen LogP contribution >= 0.6 is 0 Å². The quantitative estimate of drug-likeness (QED) is 0.765. The summed E-state index contributed by atoms with van der Waals surface area (Å²) < 4.78 is 21.8. The Morgan fingerprint density at radius 3 is 2.19 bits per heavy atom. The van der Waals surface area contributed by atoms with Gasteiger partial charge in [0.25, 0.3) is 0 Å². The van der Waals surface area contributed by atoms with Crippen molar-refractivity contribution in [1.82, 2.24) is 5.32 Å². The van der Waals surface area contributed by atoms with Gasteiger partial charge in [0.15, 0.2) is 0 Å². The SMILES string of the molecule is CCc1ccc(CNCCS(C)(=O)=O)cc1. The van der Waals surface area contributed by atoms with Crippen LogP contribution in [0.5, 0.6) is 0 Å². The van der Waals surface area contributed by atoms with Crippen LogP contribution in [0.25, 0.3) is 0 Å². The number of aryl methyl sites for hydroxylation is 1. The van der Waals surface area contributed by atoms with E-state index in [-0.39, 0.29) is 5.75 Å². The first-order valence-corrected chi connectivity index (χ1v) is 7.53. The van der Waals surface area contributed by atoms with Crippen LogP contribution < -0.4 is 5.32 Å². The molecule has 90 valence electrons. The molecule has 0 aromatic heterocycles. The number of rotatable bonds is 6. The van der Waals surface area contributed by atoms with E-state index in [1.165, 1.54) is 17.4 Å². The van der Waals surface area contributed by atoms with Crippen LogP contribution in [0.1, 0.15) is 18.1 Å². The fourth-order valence-corrected chi connectivity index (χ4v) is 1.90. The summed E-state index contributed by atoms with van der Waals surface area (Å²) in [5.41, 5.74) is 2.51. The molecular weight excluding hydrogens is 222 g/mol. The van der Waals surface area contributed by atoms with Gasteiger partial charge >= 0.3 is 0 Å². The fourth-order valence-electron chi connectivity index (χ4n) is 1.38. The molecule has 1 N–H and O–H groups in total. The smallest absolute Gasteiger partial charge is 0.148 e. The van der Waals surface area contributed by atoms with Gasteiger partial charge in [0.05, 0.1) is 5.75 Å². The summed E-state index contributed by atoms with van der Waals surface area (Å²) in [6, 6.07) is 8.36. The van der Waals surface area contributed by atoms with Crippen molar-refractivity contribution in [3.05, 3.63) is 35.4 Å². The molecule has 0 amide bonds. The summed E-state index contributed by atoms with van der Waals surface area (Å²) in [5, 5.41) is 3.12. The number of benzene rings is 1. The maximum atomic E-state index is 10.9. The van der Waals surface area contributed by atoms with Gasteiger partial charge in [-0.3, -0.25) is 0 Å². The lowest BCUT2D eigenvalue weighted by atomic mass is 10.1. The van der Waals surface area contributed by atoms with E-state index in [0.29, 0.717) is 6.54 Å². The Labute approximate surface area is 97.8 Å². The Kier molecular flexibility index (Phi) is 4.96. The molecule has 0 spiro atoms. The summed E-state index contributed by atoms with van der Waals surface area (Å²) >= 11 is 0. The standard InChI is InChI=1S/C12H19NO2S/c1-3-11-4-6-12(7-5-11)10-13-8-9-16(2,14)15/h4-7,13H,3,8-10H2,1-2H3.